The zero-order valence-electron chi connectivity index (χ0n) is 16.4. The molecular weight excluding hydrogens is 404 g/mol. The highest BCUT2D eigenvalue weighted by molar-refractivity contribution is 7.89. The number of aromatic nitrogens is 1. The van der Waals surface area contributed by atoms with Crippen molar-refractivity contribution < 1.29 is 13.2 Å². The van der Waals surface area contributed by atoms with Crippen molar-refractivity contribution in [1.82, 2.24) is 9.29 Å². The summed E-state index contributed by atoms with van der Waals surface area (Å²) >= 11 is 1.56. The Morgan fingerprint density at radius 2 is 1.69 bits per heavy atom. The number of thiazole rings is 1. The van der Waals surface area contributed by atoms with Crippen LogP contribution in [0, 0.1) is 0 Å². The zero-order valence-corrected chi connectivity index (χ0v) is 18.0. The van der Waals surface area contributed by atoms with E-state index in [4.69, 9.17) is 9.72 Å². The predicted molar refractivity (Wildman–Crippen MR) is 117 cm³/mol. The van der Waals surface area contributed by atoms with Gasteiger partial charge in [-0.1, -0.05) is 37.1 Å². The van der Waals surface area contributed by atoms with Crippen molar-refractivity contribution in [1.29, 1.82) is 0 Å². The summed E-state index contributed by atoms with van der Waals surface area (Å²) in [5, 5.41) is 2.90. The van der Waals surface area contributed by atoms with E-state index in [1.165, 1.54) is 0 Å². The molecule has 0 aliphatic carbocycles. The molecule has 1 aliphatic heterocycles. The lowest BCUT2D eigenvalue weighted by Gasteiger charge is -2.19. The molecule has 2 aromatic carbocycles. The fourth-order valence-electron chi connectivity index (χ4n) is 3.52. The van der Waals surface area contributed by atoms with Gasteiger partial charge < -0.3 is 4.74 Å². The van der Waals surface area contributed by atoms with Crippen molar-refractivity contribution in [3.8, 4) is 27.6 Å². The van der Waals surface area contributed by atoms with Crippen molar-refractivity contribution in [3.63, 3.8) is 0 Å². The van der Waals surface area contributed by atoms with E-state index >= 15 is 0 Å². The molecule has 1 fully saturated rings. The molecule has 29 heavy (non-hydrogen) atoms. The number of sulfonamides is 1. The number of methoxy groups -OCH3 is 1. The van der Waals surface area contributed by atoms with Gasteiger partial charge in [0.15, 0.2) is 0 Å². The second kappa shape index (κ2) is 8.65. The van der Waals surface area contributed by atoms with Gasteiger partial charge in [-0.05, 0) is 37.1 Å². The Hall–Kier alpha value is -2.22. The summed E-state index contributed by atoms with van der Waals surface area (Å²) in [6.07, 6.45) is 4.07. The molecule has 0 spiro atoms. The molecule has 0 N–H and O–H groups in total. The summed E-state index contributed by atoms with van der Waals surface area (Å²) in [6, 6.07) is 14.9. The Morgan fingerprint density at radius 3 is 2.38 bits per heavy atom. The third-order valence-electron chi connectivity index (χ3n) is 5.17. The number of hydrogen-bond acceptors (Lipinski definition) is 5. The summed E-state index contributed by atoms with van der Waals surface area (Å²) in [5.41, 5.74) is 2.75. The van der Waals surface area contributed by atoms with Gasteiger partial charge in [0.05, 0.1) is 17.7 Å². The van der Waals surface area contributed by atoms with Gasteiger partial charge in [-0.15, -0.1) is 11.3 Å². The van der Waals surface area contributed by atoms with Crippen molar-refractivity contribution >= 4 is 21.4 Å². The zero-order chi connectivity index (χ0) is 20.3. The van der Waals surface area contributed by atoms with Crippen molar-refractivity contribution in [2.45, 2.75) is 30.6 Å². The molecule has 0 amide bonds. The highest BCUT2D eigenvalue weighted by Gasteiger charge is 2.25. The maximum absolute atomic E-state index is 12.9. The molecule has 152 valence electrons. The van der Waals surface area contributed by atoms with Crippen LogP contribution in [-0.4, -0.2) is 37.9 Å². The van der Waals surface area contributed by atoms with Crippen LogP contribution in [0.5, 0.6) is 5.75 Å². The molecule has 3 aromatic rings. The Morgan fingerprint density at radius 1 is 0.966 bits per heavy atom. The smallest absolute Gasteiger partial charge is 0.243 e. The molecule has 0 saturated carbocycles. The molecular formula is C22H24N2O3S2. The number of benzene rings is 2. The van der Waals surface area contributed by atoms with E-state index < -0.39 is 10.0 Å². The maximum atomic E-state index is 12.9. The lowest BCUT2D eigenvalue weighted by atomic mass is 10.2. The maximum Gasteiger partial charge on any atom is 0.243 e. The van der Waals surface area contributed by atoms with Crippen molar-refractivity contribution in [2.75, 3.05) is 20.2 Å². The molecule has 0 atom stereocenters. The Bertz CT molecular complexity index is 1070. The lowest BCUT2D eigenvalue weighted by Crippen LogP contribution is -2.31. The first-order valence-electron chi connectivity index (χ1n) is 9.78. The number of hydrogen-bond donors (Lipinski definition) is 0. The van der Waals surface area contributed by atoms with E-state index in [2.05, 4.69) is 0 Å². The second-order valence-electron chi connectivity index (χ2n) is 7.11. The van der Waals surface area contributed by atoms with Crippen LogP contribution in [0.25, 0.3) is 21.8 Å². The van der Waals surface area contributed by atoms with Crippen molar-refractivity contribution in [3.05, 3.63) is 53.9 Å². The van der Waals surface area contributed by atoms with E-state index in [9.17, 15) is 8.42 Å². The molecule has 2 heterocycles. The van der Waals surface area contributed by atoms with Gasteiger partial charge in [0, 0.05) is 29.6 Å². The normalized spacial score (nSPS) is 15.8. The van der Waals surface area contributed by atoms with Crippen LogP contribution < -0.4 is 4.74 Å². The molecule has 0 radical (unpaired) electrons. The third kappa shape index (κ3) is 4.37. The number of nitrogens with zero attached hydrogens (tertiary/aromatic N) is 2. The summed E-state index contributed by atoms with van der Waals surface area (Å²) in [7, 11) is -1.78. The van der Waals surface area contributed by atoms with E-state index in [0.717, 1.165) is 53.3 Å². The quantitative estimate of drug-likeness (QED) is 0.571. The van der Waals surface area contributed by atoms with Gasteiger partial charge in [0.2, 0.25) is 10.0 Å². The Kier molecular flexibility index (Phi) is 5.99. The van der Waals surface area contributed by atoms with Gasteiger partial charge in [-0.25, -0.2) is 13.4 Å². The average molecular weight is 429 g/mol. The van der Waals surface area contributed by atoms with Gasteiger partial charge >= 0.3 is 0 Å². The minimum Gasteiger partial charge on any atom is -0.497 e. The molecule has 7 heteroatoms. The largest absolute Gasteiger partial charge is 0.497 e. The van der Waals surface area contributed by atoms with E-state index in [0.29, 0.717) is 18.0 Å². The van der Waals surface area contributed by atoms with Crippen LogP contribution in [0.2, 0.25) is 0 Å². The highest BCUT2D eigenvalue weighted by atomic mass is 32.2. The van der Waals surface area contributed by atoms with Gasteiger partial charge in [-0.3, -0.25) is 0 Å². The van der Waals surface area contributed by atoms with Crippen molar-refractivity contribution in [2.24, 2.45) is 0 Å². The first-order chi connectivity index (χ1) is 14.1. The first-order valence-corrected chi connectivity index (χ1v) is 12.1. The van der Waals surface area contributed by atoms with Crippen LogP contribution in [0.4, 0.5) is 0 Å². The molecule has 1 aromatic heterocycles. The van der Waals surface area contributed by atoms with Gasteiger partial charge in [-0.2, -0.15) is 4.31 Å². The fraction of sp³-hybridized carbons (Fsp3) is 0.318. The van der Waals surface area contributed by atoms with Crippen LogP contribution in [-0.2, 0) is 10.0 Å². The van der Waals surface area contributed by atoms with Gasteiger partial charge in [0.25, 0.3) is 0 Å². The van der Waals surface area contributed by atoms with E-state index in [1.54, 1.807) is 34.9 Å². The Balaban J connectivity index is 1.56. The van der Waals surface area contributed by atoms with Gasteiger partial charge in [0.1, 0.15) is 10.8 Å². The lowest BCUT2D eigenvalue weighted by molar-refractivity contribution is 0.415. The van der Waals surface area contributed by atoms with Crippen LogP contribution >= 0.6 is 11.3 Å². The standard InChI is InChI=1S/C22H24N2O3S2/c1-27-19-8-6-7-18(15-19)22-23-21(16-28-22)17-9-11-20(12-10-17)29(25,26)24-13-4-2-3-5-14-24/h6-12,15-16H,2-5,13-14H2,1H3. The first kappa shape index (κ1) is 20.1. The third-order valence-corrected chi connectivity index (χ3v) is 7.98. The number of ether oxygens (including phenoxy) is 1. The SMILES string of the molecule is COc1cccc(-c2nc(-c3ccc(S(=O)(=O)N4CCCCCC4)cc3)cs2)c1. The highest BCUT2D eigenvalue weighted by Crippen LogP contribution is 2.31. The topological polar surface area (TPSA) is 59.5 Å². The van der Waals surface area contributed by atoms with Crippen LogP contribution in [0.1, 0.15) is 25.7 Å². The molecule has 4 rings (SSSR count). The molecule has 5 nitrogen and oxygen atoms in total. The molecule has 1 aliphatic rings. The summed E-state index contributed by atoms with van der Waals surface area (Å²) in [5.74, 6) is 0.794. The summed E-state index contributed by atoms with van der Waals surface area (Å²) in [6.45, 7) is 1.22. The van der Waals surface area contributed by atoms with Crippen LogP contribution in [0.3, 0.4) is 0 Å². The predicted octanol–water partition coefficient (Wildman–Crippen LogP) is 5.05. The second-order valence-corrected chi connectivity index (χ2v) is 9.91. The number of rotatable bonds is 5. The molecule has 1 saturated heterocycles. The van der Waals surface area contributed by atoms with Crippen LogP contribution in [0.15, 0.2) is 58.8 Å². The molecule has 0 unspecified atom stereocenters. The Labute approximate surface area is 176 Å². The minimum atomic E-state index is -3.43. The van der Waals surface area contributed by atoms with E-state index in [1.807, 2.05) is 41.8 Å². The monoisotopic (exact) mass is 428 g/mol. The molecule has 0 bridgehead atoms. The van der Waals surface area contributed by atoms with E-state index in [-0.39, 0.29) is 0 Å². The average Bonchev–Trinajstić information content (AvgIpc) is 3.08. The fourth-order valence-corrected chi connectivity index (χ4v) is 5.87. The summed E-state index contributed by atoms with van der Waals surface area (Å²) < 4.78 is 32.8. The summed E-state index contributed by atoms with van der Waals surface area (Å²) in [4.78, 5) is 5.08. The minimum absolute atomic E-state index is 0.353.